The second kappa shape index (κ2) is 5.03. The van der Waals surface area contributed by atoms with Gasteiger partial charge in [0.25, 0.3) is 5.91 Å². The van der Waals surface area contributed by atoms with Crippen LogP contribution in [0.5, 0.6) is 0 Å². The zero-order valence-electron chi connectivity index (χ0n) is 10.0. The molecule has 3 nitrogen and oxygen atoms in total. The van der Waals surface area contributed by atoms with Crippen LogP contribution in [0.25, 0.3) is 0 Å². The molecule has 19 heavy (non-hydrogen) atoms. The van der Waals surface area contributed by atoms with Crippen LogP contribution < -0.4 is 0 Å². The van der Waals surface area contributed by atoms with Crippen molar-refractivity contribution in [1.29, 1.82) is 0 Å². The van der Waals surface area contributed by atoms with Gasteiger partial charge < -0.3 is 4.90 Å². The highest BCUT2D eigenvalue weighted by Gasteiger charge is 2.30. The summed E-state index contributed by atoms with van der Waals surface area (Å²) >= 11 is 0. The molecule has 1 aromatic carbocycles. The second-order valence-electron chi connectivity index (χ2n) is 4.44. The number of likely N-dealkylation sites (tertiary alicyclic amines) is 1. The quantitative estimate of drug-likeness (QED) is 0.787. The number of rotatable bonds is 1. The Hall–Kier alpha value is -1.85. The molecule has 0 aliphatic carbocycles. The molecule has 0 unspecified atom stereocenters. The average Bonchev–Trinajstić information content (AvgIpc) is 2.37. The number of piperidine rings is 1. The molecule has 0 aromatic heterocycles. The van der Waals surface area contributed by atoms with Gasteiger partial charge in [0.15, 0.2) is 5.78 Å². The van der Waals surface area contributed by atoms with Crippen molar-refractivity contribution in [2.45, 2.75) is 19.0 Å². The molecule has 0 spiro atoms. The number of carbonyl (C=O) groups excluding carboxylic acids is 2. The highest BCUT2D eigenvalue weighted by Crippen LogP contribution is 2.29. The van der Waals surface area contributed by atoms with Crippen molar-refractivity contribution in [1.82, 2.24) is 4.90 Å². The van der Waals surface area contributed by atoms with Crippen molar-refractivity contribution in [2.75, 3.05) is 13.1 Å². The molecule has 1 aliphatic heterocycles. The van der Waals surface area contributed by atoms with Gasteiger partial charge in [-0.3, -0.25) is 9.59 Å². The molecular formula is C13H12F3NO2. The van der Waals surface area contributed by atoms with Crippen LogP contribution in [0.15, 0.2) is 24.3 Å². The lowest BCUT2D eigenvalue weighted by molar-refractivity contribution is -0.137. The number of amides is 1. The van der Waals surface area contributed by atoms with Crippen LogP contribution >= 0.6 is 0 Å². The molecule has 0 atom stereocenters. The fourth-order valence-corrected chi connectivity index (χ4v) is 2.00. The van der Waals surface area contributed by atoms with Gasteiger partial charge >= 0.3 is 6.18 Å². The molecule has 1 aromatic rings. The van der Waals surface area contributed by atoms with Crippen LogP contribution in [-0.2, 0) is 11.0 Å². The Bertz CT molecular complexity index is 494. The lowest BCUT2D eigenvalue weighted by atomic mass is 10.1. The Morgan fingerprint density at radius 2 is 1.79 bits per heavy atom. The van der Waals surface area contributed by atoms with Crippen molar-refractivity contribution >= 4 is 11.7 Å². The Kier molecular flexibility index (Phi) is 3.59. The summed E-state index contributed by atoms with van der Waals surface area (Å²) in [5, 5.41) is 0. The summed E-state index contributed by atoms with van der Waals surface area (Å²) in [5.74, 6) is -0.423. The van der Waals surface area contributed by atoms with Crippen LogP contribution in [0, 0.1) is 0 Å². The first-order valence-corrected chi connectivity index (χ1v) is 5.86. The van der Waals surface area contributed by atoms with E-state index in [1.165, 1.54) is 4.90 Å². The Balaban J connectivity index is 2.13. The Morgan fingerprint density at radius 1 is 1.16 bits per heavy atom. The van der Waals surface area contributed by atoms with Crippen LogP contribution in [0.3, 0.4) is 0 Å². The van der Waals surface area contributed by atoms with Crippen molar-refractivity contribution in [2.24, 2.45) is 0 Å². The molecule has 0 radical (unpaired) electrons. The number of hydrogen-bond donors (Lipinski definition) is 0. The molecular weight excluding hydrogens is 259 g/mol. The highest BCUT2D eigenvalue weighted by atomic mass is 19.4. The van der Waals surface area contributed by atoms with E-state index in [0.29, 0.717) is 19.4 Å². The van der Waals surface area contributed by atoms with Crippen molar-refractivity contribution < 1.29 is 22.8 Å². The number of Topliss-reactive ketones (excluding diaryl/α,β-unsaturated/α-hetero) is 1. The largest absolute Gasteiger partial charge is 0.416 e. The SMILES string of the molecule is O=C1CCCN(C(=O)c2ccc(C(F)(F)F)cc2)C1. The van der Waals surface area contributed by atoms with Gasteiger partial charge in [-0.15, -0.1) is 0 Å². The maximum absolute atomic E-state index is 12.4. The van der Waals surface area contributed by atoms with E-state index in [1.54, 1.807) is 0 Å². The van der Waals surface area contributed by atoms with E-state index in [1.807, 2.05) is 0 Å². The van der Waals surface area contributed by atoms with Gasteiger partial charge in [-0.2, -0.15) is 13.2 Å². The summed E-state index contributed by atoms with van der Waals surface area (Å²) < 4.78 is 37.2. The van der Waals surface area contributed by atoms with E-state index < -0.39 is 17.6 Å². The third-order valence-corrected chi connectivity index (χ3v) is 3.00. The summed E-state index contributed by atoms with van der Waals surface area (Å²) in [6, 6.07) is 4.03. The number of hydrogen-bond acceptors (Lipinski definition) is 2. The predicted octanol–water partition coefficient (Wildman–Crippen LogP) is 2.51. The molecule has 1 aliphatic rings. The third kappa shape index (κ3) is 3.13. The standard InChI is InChI=1S/C13H12F3NO2/c14-13(15,16)10-5-3-9(4-6-10)12(19)17-7-1-2-11(18)8-17/h3-6H,1-2,7-8H2. The highest BCUT2D eigenvalue weighted by molar-refractivity contribution is 5.97. The van der Waals surface area contributed by atoms with Crippen LogP contribution in [0.2, 0.25) is 0 Å². The fourth-order valence-electron chi connectivity index (χ4n) is 2.00. The van der Waals surface area contributed by atoms with Gasteiger partial charge in [0.1, 0.15) is 0 Å². The lowest BCUT2D eigenvalue weighted by Crippen LogP contribution is -2.40. The average molecular weight is 271 g/mol. The van der Waals surface area contributed by atoms with E-state index in [-0.39, 0.29) is 17.9 Å². The third-order valence-electron chi connectivity index (χ3n) is 3.00. The summed E-state index contributed by atoms with van der Waals surface area (Å²) in [7, 11) is 0. The molecule has 0 N–H and O–H groups in total. The van der Waals surface area contributed by atoms with Gasteiger partial charge in [-0.05, 0) is 30.7 Å². The zero-order valence-corrected chi connectivity index (χ0v) is 10.0. The number of ketones is 1. The van der Waals surface area contributed by atoms with Crippen LogP contribution in [0.1, 0.15) is 28.8 Å². The normalized spacial score (nSPS) is 16.6. The molecule has 0 saturated carbocycles. The first-order chi connectivity index (χ1) is 8.88. The lowest BCUT2D eigenvalue weighted by Gasteiger charge is -2.25. The number of carbonyl (C=O) groups is 2. The van der Waals surface area contributed by atoms with Crippen LogP contribution in [0.4, 0.5) is 13.2 Å². The molecule has 1 amide bonds. The predicted molar refractivity (Wildman–Crippen MR) is 61.6 cm³/mol. The first kappa shape index (κ1) is 13.6. The summed E-state index contributed by atoms with van der Waals surface area (Å²) in [6.45, 7) is 0.505. The molecule has 102 valence electrons. The van der Waals surface area contributed by atoms with E-state index >= 15 is 0 Å². The number of nitrogens with zero attached hydrogens (tertiary/aromatic N) is 1. The van der Waals surface area contributed by atoms with E-state index in [9.17, 15) is 22.8 Å². The van der Waals surface area contributed by atoms with Crippen molar-refractivity contribution in [3.05, 3.63) is 35.4 Å². The fraction of sp³-hybridized carbons (Fsp3) is 0.385. The van der Waals surface area contributed by atoms with E-state index in [4.69, 9.17) is 0 Å². The van der Waals surface area contributed by atoms with E-state index in [2.05, 4.69) is 0 Å². The monoisotopic (exact) mass is 271 g/mol. The molecule has 1 fully saturated rings. The molecule has 0 bridgehead atoms. The van der Waals surface area contributed by atoms with Gasteiger partial charge in [0.05, 0.1) is 12.1 Å². The molecule has 1 saturated heterocycles. The number of halogens is 3. The Labute approximate surface area is 108 Å². The minimum absolute atomic E-state index is 0.0217. The van der Waals surface area contributed by atoms with Crippen LogP contribution in [-0.4, -0.2) is 29.7 Å². The van der Waals surface area contributed by atoms with Crippen molar-refractivity contribution in [3.63, 3.8) is 0 Å². The van der Waals surface area contributed by atoms with Gasteiger partial charge in [-0.1, -0.05) is 0 Å². The second-order valence-corrected chi connectivity index (χ2v) is 4.44. The van der Waals surface area contributed by atoms with E-state index in [0.717, 1.165) is 24.3 Å². The van der Waals surface area contributed by atoms with Gasteiger partial charge in [0, 0.05) is 18.5 Å². The number of alkyl halides is 3. The summed E-state index contributed by atoms with van der Waals surface area (Å²) in [6.07, 6.45) is -3.36. The number of benzene rings is 1. The van der Waals surface area contributed by atoms with Crippen molar-refractivity contribution in [3.8, 4) is 0 Å². The van der Waals surface area contributed by atoms with Gasteiger partial charge in [-0.25, -0.2) is 0 Å². The molecule has 6 heteroatoms. The maximum Gasteiger partial charge on any atom is 0.416 e. The summed E-state index contributed by atoms with van der Waals surface area (Å²) in [5.41, 5.74) is -0.624. The minimum atomic E-state index is -4.41. The minimum Gasteiger partial charge on any atom is -0.331 e. The molecule has 2 rings (SSSR count). The van der Waals surface area contributed by atoms with Gasteiger partial charge in [0.2, 0.25) is 0 Å². The first-order valence-electron chi connectivity index (χ1n) is 5.86. The molecule has 1 heterocycles. The topological polar surface area (TPSA) is 37.4 Å². The summed E-state index contributed by atoms with van der Waals surface area (Å²) in [4.78, 5) is 24.6. The maximum atomic E-state index is 12.4. The smallest absolute Gasteiger partial charge is 0.331 e. The Morgan fingerprint density at radius 3 is 2.32 bits per heavy atom. The zero-order chi connectivity index (χ0) is 14.0.